The summed E-state index contributed by atoms with van der Waals surface area (Å²) >= 11 is 0. The molecule has 0 radical (unpaired) electrons. The van der Waals surface area contributed by atoms with Gasteiger partial charge in [0.15, 0.2) is 0 Å². The quantitative estimate of drug-likeness (QED) is 0.907. The van der Waals surface area contributed by atoms with Crippen LogP contribution < -0.4 is 5.73 Å². The van der Waals surface area contributed by atoms with Crippen LogP contribution in [0.2, 0.25) is 0 Å². The van der Waals surface area contributed by atoms with Gasteiger partial charge in [-0.25, -0.2) is 0 Å². The van der Waals surface area contributed by atoms with Crippen molar-refractivity contribution in [3.8, 4) is 0 Å². The molecule has 1 fully saturated rings. The molecule has 1 unspecified atom stereocenters. The minimum atomic E-state index is 0.516. The van der Waals surface area contributed by atoms with E-state index in [0.29, 0.717) is 6.04 Å². The van der Waals surface area contributed by atoms with E-state index in [-0.39, 0.29) is 0 Å². The second-order valence-corrected chi connectivity index (χ2v) is 6.00. The van der Waals surface area contributed by atoms with Gasteiger partial charge in [0.25, 0.3) is 0 Å². The van der Waals surface area contributed by atoms with Crippen LogP contribution in [0.3, 0.4) is 0 Å². The molecule has 2 N–H and O–H groups in total. The number of rotatable bonds is 5. The Kier molecular flexibility index (Phi) is 3.72. The summed E-state index contributed by atoms with van der Waals surface area (Å²) in [6, 6.07) is 11.1. The van der Waals surface area contributed by atoms with Gasteiger partial charge in [-0.15, -0.1) is 0 Å². The molecule has 1 aliphatic rings. The first-order valence-corrected chi connectivity index (χ1v) is 7.44. The summed E-state index contributed by atoms with van der Waals surface area (Å²) in [7, 11) is 2.19. The summed E-state index contributed by atoms with van der Waals surface area (Å²) in [5.74, 6) is 0.805. The molecule has 2 aromatic rings. The molecular weight excluding hydrogens is 246 g/mol. The second-order valence-electron chi connectivity index (χ2n) is 6.00. The number of aromatic nitrogens is 1. The van der Waals surface area contributed by atoms with Crippen LogP contribution in [0.25, 0.3) is 10.9 Å². The molecule has 3 rings (SSSR count). The Hall–Kier alpha value is -1.45. The van der Waals surface area contributed by atoms with E-state index in [4.69, 9.17) is 5.73 Å². The summed E-state index contributed by atoms with van der Waals surface area (Å²) in [6.07, 6.45) is 2.67. The molecule has 1 aromatic carbocycles. The van der Waals surface area contributed by atoms with Crippen molar-refractivity contribution in [3.05, 3.63) is 41.6 Å². The summed E-state index contributed by atoms with van der Waals surface area (Å²) in [5, 5.41) is 1.26. The van der Waals surface area contributed by atoms with E-state index in [9.17, 15) is 0 Å². The maximum atomic E-state index is 5.96. The molecule has 0 amide bonds. The predicted octanol–water partition coefficient (Wildman–Crippen LogP) is 2.71. The minimum absolute atomic E-state index is 0.516. The van der Waals surface area contributed by atoms with Gasteiger partial charge in [-0.2, -0.15) is 0 Å². The lowest BCUT2D eigenvalue weighted by Gasteiger charge is -2.27. The van der Waals surface area contributed by atoms with Gasteiger partial charge in [0, 0.05) is 30.2 Å². The van der Waals surface area contributed by atoms with Crippen molar-refractivity contribution >= 4 is 10.9 Å². The topological polar surface area (TPSA) is 42.1 Å². The van der Waals surface area contributed by atoms with Crippen molar-refractivity contribution in [2.75, 3.05) is 13.6 Å². The Morgan fingerprint density at radius 3 is 2.80 bits per heavy atom. The maximum Gasteiger partial charge on any atom is 0.0708 e. The zero-order valence-electron chi connectivity index (χ0n) is 12.3. The zero-order chi connectivity index (χ0) is 14.1. The van der Waals surface area contributed by atoms with Gasteiger partial charge in [0.1, 0.15) is 0 Å². The van der Waals surface area contributed by atoms with Gasteiger partial charge in [-0.3, -0.25) is 9.88 Å². The van der Waals surface area contributed by atoms with Gasteiger partial charge in [0.2, 0.25) is 0 Å². The van der Waals surface area contributed by atoms with Crippen molar-refractivity contribution in [1.82, 2.24) is 9.88 Å². The summed E-state index contributed by atoms with van der Waals surface area (Å²) < 4.78 is 0. The number of para-hydroxylation sites is 1. The lowest BCUT2D eigenvalue weighted by Crippen LogP contribution is -2.39. The number of hydrogen-bond donors (Lipinski definition) is 1. The smallest absolute Gasteiger partial charge is 0.0708 e. The third-order valence-corrected chi connectivity index (χ3v) is 4.32. The Balaban J connectivity index is 1.89. The average molecular weight is 269 g/mol. The number of likely N-dealkylation sites (N-methyl/N-ethyl adjacent to an activating group) is 1. The fraction of sp³-hybridized carbons (Fsp3) is 0.471. The SMILES string of the molecule is Cc1cc(CN(C)C(CN)C2CC2)c2ccccc2n1. The van der Waals surface area contributed by atoms with Gasteiger partial charge in [-0.05, 0) is 50.4 Å². The first-order valence-electron chi connectivity index (χ1n) is 7.44. The van der Waals surface area contributed by atoms with Crippen LogP contribution >= 0.6 is 0 Å². The van der Waals surface area contributed by atoms with Gasteiger partial charge in [-0.1, -0.05) is 18.2 Å². The van der Waals surface area contributed by atoms with E-state index in [1.807, 2.05) is 0 Å². The number of benzene rings is 1. The molecule has 20 heavy (non-hydrogen) atoms. The van der Waals surface area contributed by atoms with Gasteiger partial charge in [0.05, 0.1) is 5.52 Å². The van der Waals surface area contributed by atoms with Crippen LogP contribution in [0.15, 0.2) is 30.3 Å². The van der Waals surface area contributed by atoms with Crippen LogP contribution in [0.5, 0.6) is 0 Å². The largest absolute Gasteiger partial charge is 0.329 e. The van der Waals surface area contributed by atoms with Crippen LogP contribution in [0, 0.1) is 12.8 Å². The molecule has 1 aliphatic carbocycles. The molecule has 1 saturated carbocycles. The van der Waals surface area contributed by atoms with Crippen LogP contribution in [-0.4, -0.2) is 29.5 Å². The molecule has 1 heterocycles. The molecule has 3 heteroatoms. The highest BCUT2D eigenvalue weighted by atomic mass is 15.1. The zero-order valence-corrected chi connectivity index (χ0v) is 12.3. The maximum absolute atomic E-state index is 5.96. The van der Waals surface area contributed by atoms with E-state index in [1.54, 1.807) is 0 Å². The Morgan fingerprint density at radius 2 is 2.10 bits per heavy atom. The molecular formula is C17H23N3. The fourth-order valence-corrected chi connectivity index (χ4v) is 3.12. The summed E-state index contributed by atoms with van der Waals surface area (Å²) in [5.41, 5.74) is 9.49. The number of nitrogens with two attached hydrogens (primary N) is 1. The lowest BCUT2D eigenvalue weighted by molar-refractivity contribution is 0.216. The molecule has 0 saturated heterocycles. The van der Waals surface area contributed by atoms with Crippen LogP contribution in [0.1, 0.15) is 24.1 Å². The Morgan fingerprint density at radius 1 is 1.35 bits per heavy atom. The average Bonchev–Trinajstić information content (AvgIpc) is 3.24. The van der Waals surface area contributed by atoms with Gasteiger partial charge < -0.3 is 5.73 Å². The summed E-state index contributed by atoms with van der Waals surface area (Å²) in [6.45, 7) is 3.77. The normalized spacial score (nSPS) is 16.8. The first-order chi connectivity index (χ1) is 9.69. The fourth-order valence-electron chi connectivity index (χ4n) is 3.12. The van der Waals surface area contributed by atoms with Crippen molar-refractivity contribution in [2.24, 2.45) is 11.7 Å². The van der Waals surface area contributed by atoms with Crippen LogP contribution in [-0.2, 0) is 6.54 Å². The highest BCUT2D eigenvalue weighted by Crippen LogP contribution is 2.35. The number of pyridine rings is 1. The third kappa shape index (κ3) is 2.69. The molecule has 0 spiro atoms. The van der Waals surface area contributed by atoms with E-state index >= 15 is 0 Å². The Bertz CT molecular complexity index is 604. The second kappa shape index (κ2) is 5.51. The van der Waals surface area contributed by atoms with Crippen LogP contribution in [0.4, 0.5) is 0 Å². The van der Waals surface area contributed by atoms with E-state index < -0.39 is 0 Å². The monoisotopic (exact) mass is 269 g/mol. The number of hydrogen-bond acceptors (Lipinski definition) is 3. The van der Waals surface area contributed by atoms with Crippen molar-refractivity contribution < 1.29 is 0 Å². The van der Waals surface area contributed by atoms with Crippen molar-refractivity contribution in [1.29, 1.82) is 0 Å². The molecule has 0 aliphatic heterocycles. The number of fused-ring (bicyclic) bond motifs is 1. The predicted molar refractivity (Wildman–Crippen MR) is 83.5 cm³/mol. The van der Waals surface area contributed by atoms with Gasteiger partial charge >= 0.3 is 0 Å². The minimum Gasteiger partial charge on any atom is -0.329 e. The summed E-state index contributed by atoms with van der Waals surface area (Å²) in [4.78, 5) is 7.03. The third-order valence-electron chi connectivity index (χ3n) is 4.32. The lowest BCUT2D eigenvalue weighted by atomic mass is 10.1. The first kappa shape index (κ1) is 13.5. The molecule has 0 bridgehead atoms. The molecule has 1 aromatic heterocycles. The number of nitrogens with zero attached hydrogens (tertiary/aromatic N) is 2. The number of aryl methyl sites for hydroxylation is 1. The van der Waals surface area contributed by atoms with Crippen molar-refractivity contribution in [2.45, 2.75) is 32.4 Å². The highest BCUT2D eigenvalue weighted by molar-refractivity contribution is 5.82. The Labute approximate surface area is 120 Å². The van der Waals surface area contributed by atoms with E-state index in [0.717, 1.165) is 30.2 Å². The van der Waals surface area contributed by atoms with Crippen molar-refractivity contribution in [3.63, 3.8) is 0 Å². The molecule has 3 nitrogen and oxygen atoms in total. The van der Waals surface area contributed by atoms with E-state index in [1.165, 1.54) is 23.8 Å². The standard InChI is InChI=1S/C17H23N3/c1-12-9-14(15-5-3-4-6-16(15)19-12)11-20(2)17(10-18)13-7-8-13/h3-6,9,13,17H,7-8,10-11,18H2,1-2H3. The molecule has 106 valence electrons. The molecule has 1 atom stereocenters. The van der Waals surface area contributed by atoms with E-state index in [2.05, 4.69) is 54.2 Å². The highest BCUT2D eigenvalue weighted by Gasteiger charge is 2.32.